The predicted octanol–water partition coefficient (Wildman–Crippen LogP) is 3.45. The molecule has 0 radical (unpaired) electrons. The second-order valence-corrected chi connectivity index (χ2v) is 6.30. The number of aryl methyl sites for hydroxylation is 2. The van der Waals surface area contributed by atoms with Gasteiger partial charge in [0.2, 0.25) is 0 Å². The monoisotopic (exact) mass is 320 g/mol. The second kappa shape index (κ2) is 7.90. The highest BCUT2D eigenvalue weighted by atomic mass is 19.1. The van der Waals surface area contributed by atoms with E-state index in [1.807, 2.05) is 46.9 Å². The van der Waals surface area contributed by atoms with Crippen molar-refractivity contribution in [3.05, 3.63) is 67.7 Å². The minimum Gasteiger partial charge on any atom is -0.326 e. The number of aromatic amines is 1. The normalized spacial score (nSPS) is 10.7. The molecule has 5 heteroatoms. The van der Waals surface area contributed by atoms with Crippen LogP contribution in [0.4, 0.5) is 4.39 Å². The number of nitrogens with zero attached hydrogens (tertiary/aromatic N) is 1. The highest BCUT2D eigenvalue weighted by Crippen LogP contribution is 2.10. The lowest BCUT2D eigenvalue weighted by Gasteiger charge is -2.07. The fourth-order valence-corrected chi connectivity index (χ4v) is 2.23. The molecular weight excluding hydrogens is 295 g/mol. The summed E-state index contributed by atoms with van der Waals surface area (Å²) < 4.78 is 14.2. The first kappa shape index (κ1) is 18.9. The minimum absolute atomic E-state index is 0.0643. The van der Waals surface area contributed by atoms with Crippen LogP contribution in [0.25, 0.3) is 0 Å². The number of pyridine rings is 2. The third-order valence-electron chi connectivity index (χ3n) is 3.49. The molecule has 126 valence electrons. The topological polar surface area (TPSA) is 54.9 Å². The molecule has 0 aliphatic heterocycles. The fourth-order valence-electron chi connectivity index (χ4n) is 2.23. The van der Waals surface area contributed by atoms with Gasteiger partial charge in [-0.25, -0.2) is 4.39 Å². The molecule has 0 fully saturated rings. The Hall–Kier alpha value is -2.17. The highest BCUT2D eigenvalue weighted by molar-refractivity contribution is 5.20. The molecule has 0 saturated heterocycles. The lowest BCUT2D eigenvalue weighted by Crippen LogP contribution is -2.21. The SMILES string of the molecule is CC(C)c1cc(F)c[nH]c1=O.Cc1cc(C(C)C)c(=O)n(C)c1. The molecule has 0 bridgehead atoms. The van der Waals surface area contributed by atoms with Gasteiger partial charge in [-0.2, -0.15) is 0 Å². The van der Waals surface area contributed by atoms with Gasteiger partial charge in [-0.3, -0.25) is 9.59 Å². The number of H-pyrrole nitrogens is 1. The van der Waals surface area contributed by atoms with Crippen LogP contribution in [0.2, 0.25) is 0 Å². The van der Waals surface area contributed by atoms with Crippen molar-refractivity contribution in [2.24, 2.45) is 7.05 Å². The largest absolute Gasteiger partial charge is 0.326 e. The number of hydrogen-bond acceptors (Lipinski definition) is 2. The van der Waals surface area contributed by atoms with Crippen LogP contribution in [0, 0.1) is 12.7 Å². The Morgan fingerprint density at radius 2 is 1.61 bits per heavy atom. The third-order valence-corrected chi connectivity index (χ3v) is 3.49. The molecule has 0 atom stereocenters. The predicted molar refractivity (Wildman–Crippen MR) is 91.6 cm³/mol. The van der Waals surface area contributed by atoms with Gasteiger partial charge in [0.15, 0.2) is 0 Å². The van der Waals surface area contributed by atoms with E-state index in [-0.39, 0.29) is 17.0 Å². The Bertz CT molecular complexity index is 773. The molecule has 0 aromatic carbocycles. The minimum atomic E-state index is -0.395. The zero-order chi connectivity index (χ0) is 17.7. The quantitative estimate of drug-likeness (QED) is 0.921. The van der Waals surface area contributed by atoms with Crippen molar-refractivity contribution < 1.29 is 4.39 Å². The van der Waals surface area contributed by atoms with E-state index in [9.17, 15) is 14.0 Å². The molecule has 0 spiro atoms. The summed E-state index contributed by atoms with van der Waals surface area (Å²) in [6, 6.07) is 3.23. The molecule has 0 aliphatic rings. The van der Waals surface area contributed by atoms with E-state index in [2.05, 4.69) is 4.98 Å². The summed E-state index contributed by atoms with van der Waals surface area (Å²) >= 11 is 0. The summed E-state index contributed by atoms with van der Waals surface area (Å²) in [5.74, 6) is -0.0219. The standard InChI is InChI=1S/C10H15NO.C8H10FNO/c1-7(2)9-5-8(3)6-11(4)10(9)12;1-5(2)7-3-6(9)4-10-8(7)11/h5-7H,1-4H3;3-5H,1-2H3,(H,10,11). The average molecular weight is 320 g/mol. The van der Waals surface area contributed by atoms with E-state index < -0.39 is 5.82 Å². The maximum atomic E-state index is 12.5. The maximum absolute atomic E-state index is 12.5. The van der Waals surface area contributed by atoms with E-state index >= 15 is 0 Å². The second-order valence-electron chi connectivity index (χ2n) is 6.30. The molecule has 2 aromatic rings. The molecular formula is C18H25FN2O2. The molecule has 0 saturated carbocycles. The van der Waals surface area contributed by atoms with Crippen molar-refractivity contribution in [3.8, 4) is 0 Å². The number of halogens is 1. The van der Waals surface area contributed by atoms with Crippen molar-refractivity contribution in [1.82, 2.24) is 9.55 Å². The van der Waals surface area contributed by atoms with Gasteiger partial charge in [0.25, 0.3) is 11.1 Å². The van der Waals surface area contributed by atoms with Crippen molar-refractivity contribution in [3.63, 3.8) is 0 Å². The van der Waals surface area contributed by atoms with Gasteiger partial charge in [0, 0.05) is 30.6 Å². The summed E-state index contributed by atoms with van der Waals surface area (Å²) in [5.41, 5.74) is 2.44. The summed E-state index contributed by atoms with van der Waals surface area (Å²) in [6.45, 7) is 9.78. The summed E-state index contributed by atoms with van der Waals surface area (Å²) in [6.07, 6.45) is 2.92. The maximum Gasteiger partial charge on any atom is 0.253 e. The van der Waals surface area contributed by atoms with Crippen LogP contribution in [-0.2, 0) is 7.05 Å². The van der Waals surface area contributed by atoms with Crippen molar-refractivity contribution >= 4 is 0 Å². The van der Waals surface area contributed by atoms with Crippen LogP contribution in [0.3, 0.4) is 0 Å². The number of rotatable bonds is 2. The molecule has 2 aromatic heterocycles. The lowest BCUT2D eigenvalue weighted by atomic mass is 10.0. The first-order chi connectivity index (χ1) is 10.6. The fraction of sp³-hybridized carbons (Fsp3) is 0.444. The zero-order valence-corrected chi connectivity index (χ0v) is 14.6. The number of hydrogen-bond donors (Lipinski definition) is 1. The Balaban J connectivity index is 0.000000231. The van der Waals surface area contributed by atoms with Crippen molar-refractivity contribution in [2.45, 2.75) is 46.5 Å². The summed E-state index contributed by atoms with van der Waals surface area (Å²) in [4.78, 5) is 24.8. The van der Waals surface area contributed by atoms with Gasteiger partial charge in [0.05, 0.1) is 0 Å². The molecule has 2 rings (SSSR count). The highest BCUT2D eigenvalue weighted by Gasteiger charge is 2.06. The molecule has 2 heterocycles. The average Bonchev–Trinajstić information content (AvgIpc) is 2.45. The Kier molecular flexibility index (Phi) is 6.49. The molecule has 0 amide bonds. The van der Waals surface area contributed by atoms with E-state index in [4.69, 9.17) is 0 Å². The smallest absolute Gasteiger partial charge is 0.253 e. The van der Waals surface area contributed by atoms with Gasteiger partial charge >= 0.3 is 0 Å². The van der Waals surface area contributed by atoms with E-state index in [1.54, 1.807) is 11.6 Å². The van der Waals surface area contributed by atoms with Crippen LogP contribution < -0.4 is 11.1 Å². The molecule has 0 aliphatic carbocycles. The summed E-state index contributed by atoms with van der Waals surface area (Å²) in [7, 11) is 1.79. The van der Waals surface area contributed by atoms with E-state index in [1.165, 1.54) is 6.07 Å². The van der Waals surface area contributed by atoms with Crippen LogP contribution in [0.15, 0.2) is 34.1 Å². The van der Waals surface area contributed by atoms with E-state index in [0.29, 0.717) is 11.5 Å². The first-order valence-electron chi connectivity index (χ1n) is 7.68. The van der Waals surface area contributed by atoms with Crippen LogP contribution in [-0.4, -0.2) is 9.55 Å². The summed E-state index contributed by atoms with van der Waals surface area (Å²) in [5, 5.41) is 0. The van der Waals surface area contributed by atoms with Crippen molar-refractivity contribution in [1.29, 1.82) is 0 Å². The van der Waals surface area contributed by atoms with Crippen LogP contribution in [0.1, 0.15) is 56.2 Å². The van der Waals surface area contributed by atoms with Gasteiger partial charge in [-0.15, -0.1) is 0 Å². The van der Waals surface area contributed by atoms with Gasteiger partial charge in [-0.05, 0) is 36.5 Å². The number of nitrogens with one attached hydrogen (secondary N) is 1. The lowest BCUT2D eigenvalue weighted by molar-refractivity contribution is 0.613. The van der Waals surface area contributed by atoms with Gasteiger partial charge < -0.3 is 9.55 Å². The zero-order valence-electron chi connectivity index (χ0n) is 14.6. The molecule has 4 nitrogen and oxygen atoms in total. The third kappa shape index (κ3) is 5.20. The van der Waals surface area contributed by atoms with Crippen LogP contribution >= 0.6 is 0 Å². The van der Waals surface area contributed by atoms with Gasteiger partial charge in [-0.1, -0.05) is 27.7 Å². The van der Waals surface area contributed by atoms with Crippen molar-refractivity contribution in [2.75, 3.05) is 0 Å². The Morgan fingerprint density at radius 3 is 2.09 bits per heavy atom. The Morgan fingerprint density at radius 1 is 1.04 bits per heavy atom. The molecule has 23 heavy (non-hydrogen) atoms. The van der Waals surface area contributed by atoms with E-state index in [0.717, 1.165) is 17.3 Å². The number of aromatic nitrogens is 2. The first-order valence-corrected chi connectivity index (χ1v) is 7.68. The van der Waals surface area contributed by atoms with Crippen LogP contribution in [0.5, 0.6) is 0 Å². The molecule has 0 unspecified atom stereocenters. The Labute approximate surface area is 136 Å². The van der Waals surface area contributed by atoms with Gasteiger partial charge in [0.1, 0.15) is 5.82 Å². The molecule has 1 N–H and O–H groups in total.